The highest BCUT2D eigenvalue weighted by atomic mass is 15.1. The molecule has 139 heavy (non-hydrogen) atoms. The zero-order valence-corrected chi connectivity index (χ0v) is 77.3. The Labute approximate surface area is 808 Å². The molecule has 5 heterocycles. The van der Waals surface area contributed by atoms with Crippen LogP contribution in [0.15, 0.2) is 473 Å². The first-order valence-electron chi connectivity index (χ1n) is 46.4. The van der Waals surface area contributed by atoms with Gasteiger partial charge in [0.2, 0.25) is 0 Å². The molecule has 0 N–H and O–H groups in total. The fraction of sp³-hybridized carbons (Fsp3) is 0.0397. The zero-order valence-electron chi connectivity index (χ0n) is 77.3. The standard InChI is InChI=1S/C27H20N2.3C26H19N3.C21H16N2/c1-19-14-16-22(17-15-19)27-28-25(21-9-3-2-4-10-21)18-26(29-27)24-13-7-11-20-8-5-6-12-23(20)24;1-18-10-5-7-15-21(18)25-27-24(20-12-3-2-4-13-20)28-26(29-25)23-17-9-14-19-11-6-8-16-22(19)23;1-18-9-7-14-21(17-18)25-27-24(20-11-3-2-4-12-20)28-26(29-25)23-16-8-13-19-10-5-6-15-22(19)23;1-18-14-16-21(17-15-18)25-27-24(20-9-3-2-4-10-20)28-26(29-25)23-13-7-11-19-8-5-6-12-22(19)23;1-15-22-20(17-9-3-2-4-10-17)14-21(23-15)19-13-7-11-16-8-5-6-12-18(16)19/h2-18H,1H3;3*2-17H,1H3;2-14H,1H3. The van der Waals surface area contributed by atoms with E-state index >= 15 is 0 Å². The largest absolute Gasteiger partial charge is 0.233 e. The Balaban J connectivity index is 0.000000107. The van der Waals surface area contributed by atoms with Crippen molar-refractivity contribution in [1.29, 1.82) is 0 Å². The third-order valence-electron chi connectivity index (χ3n) is 24.2. The molecule has 662 valence electrons. The molecule has 13 nitrogen and oxygen atoms in total. The van der Waals surface area contributed by atoms with Crippen LogP contribution in [0.25, 0.3) is 213 Å². The average molecular weight is 1790 g/mol. The number of fused-ring (bicyclic) bond motifs is 5. The molecular weight excluding hydrogens is 1700 g/mol. The van der Waals surface area contributed by atoms with Crippen LogP contribution in [0.2, 0.25) is 0 Å². The van der Waals surface area contributed by atoms with E-state index in [1.807, 2.05) is 195 Å². The van der Waals surface area contributed by atoms with Crippen molar-refractivity contribution in [2.24, 2.45) is 0 Å². The van der Waals surface area contributed by atoms with Gasteiger partial charge in [-0.25, -0.2) is 64.8 Å². The van der Waals surface area contributed by atoms with Crippen molar-refractivity contribution in [3.05, 3.63) is 501 Å². The molecule has 0 aliphatic carbocycles. The molecule has 0 bridgehead atoms. The van der Waals surface area contributed by atoms with Crippen LogP contribution in [0, 0.1) is 34.6 Å². The molecule has 19 aromatic carbocycles. The van der Waals surface area contributed by atoms with Gasteiger partial charge in [-0.1, -0.05) is 472 Å². The van der Waals surface area contributed by atoms with Crippen LogP contribution in [0.3, 0.4) is 0 Å². The van der Waals surface area contributed by atoms with Crippen molar-refractivity contribution in [2.75, 3.05) is 0 Å². The zero-order chi connectivity index (χ0) is 94.2. The van der Waals surface area contributed by atoms with Gasteiger partial charge in [0, 0.05) is 77.9 Å². The van der Waals surface area contributed by atoms with E-state index < -0.39 is 0 Å². The van der Waals surface area contributed by atoms with E-state index in [1.54, 1.807) is 0 Å². The van der Waals surface area contributed by atoms with Gasteiger partial charge in [-0.2, -0.15) is 0 Å². The van der Waals surface area contributed by atoms with Crippen LogP contribution in [-0.2, 0) is 0 Å². The first-order chi connectivity index (χ1) is 68.4. The smallest absolute Gasteiger partial charge is 0.164 e. The Morgan fingerprint density at radius 1 is 0.129 bits per heavy atom. The number of nitrogens with zero attached hydrogens (tertiary/aromatic N) is 13. The van der Waals surface area contributed by atoms with Crippen molar-refractivity contribution in [1.82, 2.24) is 64.8 Å². The predicted octanol–water partition coefficient (Wildman–Crippen LogP) is 31.2. The second-order valence-electron chi connectivity index (χ2n) is 33.9. The van der Waals surface area contributed by atoms with Gasteiger partial charge < -0.3 is 0 Å². The van der Waals surface area contributed by atoms with Gasteiger partial charge in [-0.05, 0) is 112 Å². The normalized spacial score (nSPS) is 10.9. The van der Waals surface area contributed by atoms with Gasteiger partial charge in [0.15, 0.2) is 58.2 Å². The summed E-state index contributed by atoms with van der Waals surface area (Å²) >= 11 is 0. The van der Waals surface area contributed by atoms with Gasteiger partial charge in [0.25, 0.3) is 0 Å². The Hall–Kier alpha value is -18.3. The lowest BCUT2D eigenvalue weighted by atomic mass is 10.0. The SMILES string of the molecule is Cc1ccc(-c2nc(-c3ccccc3)cc(-c3cccc4ccccc34)n2)cc1.Cc1ccc(-c2nc(-c3ccccc3)nc(-c3cccc4ccccc34)n2)cc1.Cc1cccc(-c2nc(-c3ccccc3)nc(-c3cccc4ccccc34)n2)c1.Cc1ccccc1-c1nc(-c2ccccc2)nc(-c2cccc3ccccc23)n1.Cc1nc(-c2ccccc2)cc(-c2cccc3ccccc23)n1. The van der Waals surface area contributed by atoms with E-state index in [2.05, 4.69) is 323 Å². The summed E-state index contributed by atoms with van der Waals surface area (Å²) in [4.78, 5) is 62.7. The highest BCUT2D eigenvalue weighted by molar-refractivity contribution is 6.00. The van der Waals surface area contributed by atoms with Crippen molar-refractivity contribution < 1.29 is 0 Å². The number of hydrogen-bond donors (Lipinski definition) is 0. The highest BCUT2D eigenvalue weighted by Crippen LogP contribution is 2.39. The molecule has 0 radical (unpaired) electrons. The molecule has 0 fully saturated rings. The van der Waals surface area contributed by atoms with Gasteiger partial charge in [0.05, 0.1) is 22.8 Å². The fourth-order valence-electron chi connectivity index (χ4n) is 17.1. The molecule has 0 amide bonds. The minimum Gasteiger partial charge on any atom is -0.233 e. The Morgan fingerprint density at radius 3 is 0.727 bits per heavy atom. The van der Waals surface area contributed by atoms with Gasteiger partial charge in [0.1, 0.15) is 5.82 Å². The van der Waals surface area contributed by atoms with Crippen molar-refractivity contribution in [3.8, 4) is 159 Å². The van der Waals surface area contributed by atoms with E-state index in [1.165, 1.54) is 54.4 Å². The van der Waals surface area contributed by atoms with Crippen LogP contribution >= 0.6 is 0 Å². The van der Waals surface area contributed by atoms with E-state index in [0.29, 0.717) is 52.4 Å². The molecular formula is C126H93N13. The molecule has 5 aromatic heterocycles. The fourth-order valence-corrected chi connectivity index (χ4v) is 17.1. The van der Waals surface area contributed by atoms with Crippen molar-refractivity contribution in [2.45, 2.75) is 34.6 Å². The van der Waals surface area contributed by atoms with Crippen LogP contribution in [-0.4, -0.2) is 64.8 Å². The van der Waals surface area contributed by atoms with Crippen LogP contribution in [0.1, 0.15) is 28.1 Å². The summed E-state index contributed by atoms with van der Waals surface area (Å²) in [6.45, 7) is 10.3. The maximum atomic E-state index is 4.97. The Morgan fingerprint density at radius 2 is 0.360 bits per heavy atom. The second-order valence-corrected chi connectivity index (χ2v) is 33.9. The number of hydrogen-bond acceptors (Lipinski definition) is 13. The Bertz CT molecular complexity index is 8250. The van der Waals surface area contributed by atoms with Crippen LogP contribution < -0.4 is 0 Å². The van der Waals surface area contributed by atoms with Gasteiger partial charge in [-0.15, -0.1) is 0 Å². The molecule has 0 saturated heterocycles. The predicted molar refractivity (Wildman–Crippen MR) is 571 cm³/mol. The lowest BCUT2D eigenvalue weighted by Crippen LogP contribution is -2.01. The summed E-state index contributed by atoms with van der Waals surface area (Å²) < 4.78 is 0. The quantitative estimate of drug-likeness (QED) is 0.101. The molecule has 24 aromatic rings. The molecule has 24 rings (SSSR count). The summed E-state index contributed by atoms with van der Waals surface area (Å²) in [5, 5.41) is 11.8. The first-order valence-corrected chi connectivity index (χ1v) is 46.4. The minimum atomic E-state index is 0.680. The minimum absolute atomic E-state index is 0.680. The summed E-state index contributed by atoms with van der Waals surface area (Å²) in [6.07, 6.45) is 0. The van der Waals surface area contributed by atoms with E-state index in [4.69, 9.17) is 54.8 Å². The number of aryl methyl sites for hydroxylation is 5. The van der Waals surface area contributed by atoms with Gasteiger partial charge in [-0.3, -0.25) is 0 Å². The lowest BCUT2D eigenvalue weighted by molar-refractivity contribution is 1.06. The molecule has 0 unspecified atom stereocenters. The van der Waals surface area contributed by atoms with E-state index in [0.717, 1.165) is 134 Å². The maximum Gasteiger partial charge on any atom is 0.164 e. The molecule has 0 aliphatic heterocycles. The van der Waals surface area contributed by atoms with E-state index in [-0.39, 0.29) is 0 Å². The number of aromatic nitrogens is 13. The van der Waals surface area contributed by atoms with E-state index in [9.17, 15) is 0 Å². The average Bonchev–Trinajstić information content (AvgIpc) is 0.792. The second kappa shape index (κ2) is 41.4. The first kappa shape index (κ1) is 88.6. The highest BCUT2D eigenvalue weighted by Gasteiger charge is 2.21. The van der Waals surface area contributed by atoms with Crippen LogP contribution in [0.5, 0.6) is 0 Å². The summed E-state index contributed by atoms with van der Waals surface area (Å²) in [5.41, 5.74) is 23.0. The number of benzene rings is 19. The van der Waals surface area contributed by atoms with Crippen LogP contribution in [0.4, 0.5) is 0 Å². The lowest BCUT2D eigenvalue weighted by Gasteiger charge is -2.11. The van der Waals surface area contributed by atoms with Crippen molar-refractivity contribution >= 4 is 53.9 Å². The molecule has 0 saturated carbocycles. The molecule has 0 atom stereocenters. The number of rotatable bonds is 14. The molecule has 13 heteroatoms. The molecule has 0 spiro atoms. The maximum absolute atomic E-state index is 4.97. The Kier molecular flexibility index (Phi) is 26.4. The van der Waals surface area contributed by atoms with Gasteiger partial charge >= 0.3 is 0 Å². The topological polar surface area (TPSA) is 168 Å². The summed E-state index contributed by atoms with van der Waals surface area (Å²) in [7, 11) is 0. The molecule has 0 aliphatic rings. The van der Waals surface area contributed by atoms with Crippen molar-refractivity contribution in [3.63, 3.8) is 0 Å². The summed E-state index contributed by atoms with van der Waals surface area (Å²) in [5.74, 6) is 7.70. The third kappa shape index (κ3) is 20.6. The third-order valence-corrected chi connectivity index (χ3v) is 24.2. The summed E-state index contributed by atoms with van der Waals surface area (Å²) in [6, 6.07) is 161. The monoisotopic (exact) mass is 1790 g/mol.